The number of nitrogens with zero attached hydrogens (tertiary/aromatic N) is 1. The predicted molar refractivity (Wildman–Crippen MR) is 101 cm³/mol. The number of ketones is 1. The molecule has 26 heavy (non-hydrogen) atoms. The molecule has 1 aliphatic carbocycles. The first-order valence-electron chi connectivity index (χ1n) is 9.07. The molecule has 1 aliphatic rings. The fourth-order valence-electron chi connectivity index (χ4n) is 3.26. The molecule has 0 radical (unpaired) electrons. The van der Waals surface area contributed by atoms with Gasteiger partial charge in [-0.05, 0) is 44.6 Å². The van der Waals surface area contributed by atoms with Crippen molar-refractivity contribution in [2.45, 2.75) is 27.2 Å². The first kappa shape index (κ1) is 18.9. The van der Waals surface area contributed by atoms with Gasteiger partial charge in [0.15, 0.2) is 11.4 Å². The third-order valence-electron chi connectivity index (χ3n) is 4.95. The van der Waals surface area contributed by atoms with E-state index in [1.165, 1.54) is 0 Å². The van der Waals surface area contributed by atoms with Gasteiger partial charge >= 0.3 is 5.97 Å². The Hall–Kier alpha value is -1.85. The second-order valence-electron chi connectivity index (χ2n) is 6.74. The first-order valence-corrected chi connectivity index (χ1v) is 9.45. The van der Waals surface area contributed by atoms with E-state index >= 15 is 0 Å². The molecular weight excluding hydrogens is 354 g/mol. The van der Waals surface area contributed by atoms with E-state index in [9.17, 15) is 9.59 Å². The SMILES string of the molecule is CCN(CC)CCOC(=O)C1CC1C(=O)c1cc(Cl)c2oc(C)cc2c1. The van der Waals surface area contributed by atoms with Gasteiger partial charge in [0.2, 0.25) is 0 Å². The lowest BCUT2D eigenvalue weighted by Crippen LogP contribution is -2.28. The van der Waals surface area contributed by atoms with Crippen LogP contribution in [0.5, 0.6) is 0 Å². The van der Waals surface area contributed by atoms with Crippen molar-refractivity contribution in [3.63, 3.8) is 0 Å². The van der Waals surface area contributed by atoms with Gasteiger partial charge in [-0.15, -0.1) is 0 Å². The molecule has 0 saturated heterocycles. The van der Waals surface area contributed by atoms with Gasteiger partial charge in [0.25, 0.3) is 0 Å². The number of carbonyl (C=O) groups is 2. The number of esters is 1. The highest BCUT2D eigenvalue weighted by Crippen LogP contribution is 2.42. The molecule has 1 saturated carbocycles. The molecular formula is C20H24ClNO4. The van der Waals surface area contributed by atoms with Crippen LogP contribution in [0, 0.1) is 18.8 Å². The summed E-state index contributed by atoms with van der Waals surface area (Å²) in [6.45, 7) is 8.92. The van der Waals surface area contributed by atoms with Crippen LogP contribution in [0.2, 0.25) is 5.02 Å². The molecule has 0 aliphatic heterocycles. The summed E-state index contributed by atoms with van der Waals surface area (Å²) in [5, 5.41) is 1.22. The Morgan fingerprint density at radius 2 is 1.96 bits per heavy atom. The highest BCUT2D eigenvalue weighted by atomic mass is 35.5. The summed E-state index contributed by atoms with van der Waals surface area (Å²) in [5.74, 6) is -0.231. The Morgan fingerprint density at radius 3 is 2.65 bits per heavy atom. The van der Waals surface area contributed by atoms with E-state index in [2.05, 4.69) is 18.7 Å². The molecule has 0 N–H and O–H groups in total. The van der Waals surface area contributed by atoms with Crippen LogP contribution < -0.4 is 0 Å². The van der Waals surface area contributed by atoms with Crippen molar-refractivity contribution in [1.29, 1.82) is 0 Å². The molecule has 0 spiro atoms. The van der Waals surface area contributed by atoms with Crippen LogP contribution in [0.4, 0.5) is 0 Å². The van der Waals surface area contributed by atoms with Crippen molar-refractivity contribution < 1.29 is 18.7 Å². The van der Waals surface area contributed by atoms with E-state index in [0.29, 0.717) is 29.2 Å². The summed E-state index contributed by atoms with van der Waals surface area (Å²) in [7, 11) is 0. The highest BCUT2D eigenvalue weighted by molar-refractivity contribution is 6.35. The number of rotatable bonds is 8. The Bertz CT molecular complexity index is 825. The van der Waals surface area contributed by atoms with Gasteiger partial charge in [-0.3, -0.25) is 9.59 Å². The number of fused-ring (bicyclic) bond motifs is 1. The van der Waals surface area contributed by atoms with Crippen molar-refractivity contribution in [2.75, 3.05) is 26.2 Å². The first-order chi connectivity index (χ1) is 12.4. The van der Waals surface area contributed by atoms with Crippen molar-refractivity contribution in [1.82, 2.24) is 4.90 Å². The predicted octanol–water partition coefficient (Wildman–Crippen LogP) is 4.10. The van der Waals surface area contributed by atoms with Gasteiger partial charge in [0.1, 0.15) is 12.4 Å². The van der Waals surface area contributed by atoms with E-state index in [1.54, 1.807) is 12.1 Å². The van der Waals surface area contributed by atoms with Crippen molar-refractivity contribution in [2.24, 2.45) is 11.8 Å². The molecule has 6 heteroatoms. The Labute approximate surface area is 158 Å². The molecule has 0 amide bonds. The average Bonchev–Trinajstić information content (AvgIpc) is 3.33. The van der Waals surface area contributed by atoms with E-state index in [1.807, 2.05) is 13.0 Å². The van der Waals surface area contributed by atoms with Gasteiger partial charge in [-0.2, -0.15) is 0 Å². The zero-order chi connectivity index (χ0) is 18.8. The quantitative estimate of drug-likeness (QED) is 0.512. The molecule has 1 heterocycles. The molecule has 5 nitrogen and oxygen atoms in total. The van der Waals surface area contributed by atoms with E-state index in [4.69, 9.17) is 20.8 Å². The maximum absolute atomic E-state index is 12.7. The lowest BCUT2D eigenvalue weighted by atomic mass is 10.0. The summed E-state index contributed by atoms with van der Waals surface area (Å²) < 4.78 is 10.9. The topological polar surface area (TPSA) is 59.8 Å². The average molecular weight is 378 g/mol. The maximum atomic E-state index is 12.7. The molecule has 1 aromatic carbocycles. The lowest BCUT2D eigenvalue weighted by Gasteiger charge is -2.17. The fraction of sp³-hybridized carbons (Fsp3) is 0.500. The van der Waals surface area contributed by atoms with Crippen LogP contribution in [0.25, 0.3) is 11.0 Å². The zero-order valence-corrected chi connectivity index (χ0v) is 16.1. The van der Waals surface area contributed by atoms with E-state index in [-0.39, 0.29) is 23.6 Å². The normalized spacial score (nSPS) is 19.1. The highest BCUT2D eigenvalue weighted by Gasteiger charge is 2.49. The number of furan rings is 1. The van der Waals surface area contributed by atoms with Crippen LogP contribution in [0.1, 0.15) is 36.4 Å². The van der Waals surface area contributed by atoms with Gasteiger partial charge in [-0.25, -0.2) is 0 Å². The molecule has 140 valence electrons. The summed E-state index contributed by atoms with van der Waals surface area (Å²) in [4.78, 5) is 27.0. The number of aryl methyl sites for hydroxylation is 1. The molecule has 2 atom stereocenters. The number of hydrogen-bond donors (Lipinski definition) is 0. The molecule has 0 bridgehead atoms. The minimum absolute atomic E-state index is 0.0571. The van der Waals surface area contributed by atoms with Gasteiger partial charge < -0.3 is 14.1 Å². The number of likely N-dealkylation sites (N-methyl/N-ethyl adjacent to an activating group) is 1. The van der Waals surface area contributed by atoms with Gasteiger partial charge in [0, 0.05) is 23.4 Å². The molecule has 1 fully saturated rings. The van der Waals surface area contributed by atoms with Crippen LogP contribution in [0.15, 0.2) is 22.6 Å². The van der Waals surface area contributed by atoms with Crippen LogP contribution in [-0.4, -0.2) is 42.9 Å². The van der Waals surface area contributed by atoms with Crippen molar-refractivity contribution in [3.8, 4) is 0 Å². The molecule has 3 rings (SSSR count). The molecule has 2 unspecified atom stereocenters. The monoisotopic (exact) mass is 377 g/mol. The maximum Gasteiger partial charge on any atom is 0.309 e. The van der Waals surface area contributed by atoms with Crippen molar-refractivity contribution in [3.05, 3.63) is 34.5 Å². The number of Topliss-reactive ketones (excluding diaryl/α,β-unsaturated/α-hetero) is 1. The minimum Gasteiger partial charge on any atom is -0.464 e. The van der Waals surface area contributed by atoms with Gasteiger partial charge in [-0.1, -0.05) is 25.4 Å². The zero-order valence-electron chi connectivity index (χ0n) is 15.4. The Morgan fingerprint density at radius 1 is 1.23 bits per heavy atom. The number of halogens is 1. The molecule has 1 aromatic heterocycles. The fourth-order valence-corrected chi connectivity index (χ4v) is 3.53. The Balaban J connectivity index is 1.59. The second-order valence-corrected chi connectivity index (χ2v) is 7.15. The summed E-state index contributed by atoms with van der Waals surface area (Å²) in [6.07, 6.45) is 0.545. The lowest BCUT2D eigenvalue weighted by molar-refractivity contribution is -0.145. The molecule has 2 aromatic rings. The largest absolute Gasteiger partial charge is 0.464 e. The van der Waals surface area contributed by atoms with Crippen molar-refractivity contribution >= 4 is 34.3 Å². The van der Waals surface area contributed by atoms with E-state index < -0.39 is 0 Å². The number of carbonyl (C=O) groups excluding carboxylic acids is 2. The Kier molecular flexibility index (Phi) is 5.68. The standard InChI is InChI=1S/C20H24ClNO4/c1-4-22(5-2)6-7-25-20(24)16-11-15(16)18(23)13-9-14-8-12(3)26-19(14)17(21)10-13/h8-10,15-16H,4-7,11H2,1-3H3. The minimum atomic E-state index is -0.334. The third-order valence-corrected chi connectivity index (χ3v) is 5.24. The summed E-state index contributed by atoms with van der Waals surface area (Å²) in [6, 6.07) is 5.25. The number of benzene rings is 1. The van der Waals surface area contributed by atoms with Gasteiger partial charge in [0.05, 0.1) is 10.9 Å². The summed E-state index contributed by atoms with van der Waals surface area (Å²) >= 11 is 6.23. The summed E-state index contributed by atoms with van der Waals surface area (Å²) in [5.41, 5.74) is 1.11. The van der Waals surface area contributed by atoms with Crippen LogP contribution in [0.3, 0.4) is 0 Å². The number of hydrogen-bond acceptors (Lipinski definition) is 5. The van der Waals surface area contributed by atoms with Crippen LogP contribution >= 0.6 is 11.6 Å². The van der Waals surface area contributed by atoms with E-state index in [0.717, 1.165) is 30.8 Å². The van der Waals surface area contributed by atoms with Crippen LogP contribution in [-0.2, 0) is 9.53 Å². The third kappa shape index (κ3) is 3.94. The smallest absolute Gasteiger partial charge is 0.309 e. The second kappa shape index (κ2) is 7.80. The number of ether oxygens (including phenoxy) is 1.